The number of benzene rings is 1. The molecule has 0 aliphatic carbocycles. The molecule has 0 fully saturated rings. The second kappa shape index (κ2) is 2.35. The molecule has 1 rings (SSSR count). The molecule has 1 aromatic rings. The molecule has 3 heteroatoms. The van der Waals surface area contributed by atoms with Crippen LogP contribution in [0.15, 0.2) is 23.1 Å². The van der Waals surface area contributed by atoms with Gasteiger partial charge in [0.05, 0.1) is 0 Å². The highest BCUT2D eigenvalue weighted by atomic mass is 32.1. The number of hydrogen-bond acceptors (Lipinski definition) is 2. The SMILES string of the molecule is Bc1cc(N)ccc1S. The Balaban J connectivity index is 3.17. The molecule has 0 bridgehead atoms. The van der Waals surface area contributed by atoms with Gasteiger partial charge in [0.2, 0.25) is 0 Å². The zero-order valence-corrected chi connectivity index (χ0v) is 6.15. The van der Waals surface area contributed by atoms with Crippen LogP contribution in [0.4, 0.5) is 5.69 Å². The van der Waals surface area contributed by atoms with Crippen molar-refractivity contribution < 1.29 is 0 Å². The van der Waals surface area contributed by atoms with Crippen molar-refractivity contribution in [1.82, 2.24) is 0 Å². The van der Waals surface area contributed by atoms with E-state index in [0.717, 1.165) is 16.0 Å². The lowest BCUT2D eigenvalue weighted by atomic mass is 9.96. The van der Waals surface area contributed by atoms with E-state index in [9.17, 15) is 0 Å². The van der Waals surface area contributed by atoms with E-state index in [4.69, 9.17) is 5.73 Å². The summed E-state index contributed by atoms with van der Waals surface area (Å²) >= 11 is 4.19. The lowest BCUT2D eigenvalue weighted by Crippen LogP contribution is -2.05. The monoisotopic (exact) mass is 137 g/mol. The van der Waals surface area contributed by atoms with E-state index in [2.05, 4.69) is 12.6 Å². The Kier molecular flexibility index (Phi) is 1.71. The standard InChI is InChI=1S/C6H8BNS/c7-5-3-4(8)1-2-6(5)9/h1-3,9H,7-8H2. The van der Waals surface area contributed by atoms with Crippen LogP contribution in [0.5, 0.6) is 0 Å². The van der Waals surface area contributed by atoms with Crippen LogP contribution in [0.1, 0.15) is 0 Å². The first-order valence-electron chi connectivity index (χ1n) is 2.75. The maximum absolute atomic E-state index is 5.49. The number of nitrogens with two attached hydrogens (primary N) is 1. The number of hydrogen-bond donors (Lipinski definition) is 2. The van der Waals surface area contributed by atoms with Gasteiger partial charge in [0, 0.05) is 5.69 Å². The third-order valence-corrected chi connectivity index (χ3v) is 1.72. The molecule has 0 saturated heterocycles. The van der Waals surface area contributed by atoms with Gasteiger partial charge in [0.1, 0.15) is 7.85 Å². The van der Waals surface area contributed by atoms with Crippen molar-refractivity contribution in [3.05, 3.63) is 18.2 Å². The molecule has 0 aliphatic rings. The van der Waals surface area contributed by atoms with Crippen molar-refractivity contribution in [1.29, 1.82) is 0 Å². The van der Waals surface area contributed by atoms with Gasteiger partial charge in [-0.15, -0.1) is 12.6 Å². The fraction of sp³-hybridized carbons (Fsp3) is 0. The number of nitrogen functional groups attached to an aromatic ring is 1. The van der Waals surface area contributed by atoms with Crippen molar-refractivity contribution in [3.63, 3.8) is 0 Å². The third-order valence-electron chi connectivity index (χ3n) is 1.22. The molecule has 0 saturated carbocycles. The number of thiol groups is 1. The van der Waals surface area contributed by atoms with E-state index in [1.807, 2.05) is 26.0 Å². The average molecular weight is 137 g/mol. The van der Waals surface area contributed by atoms with Crippen LogP contribution in [0.2, 0.25) is 0 Å². The quantitative estimate of drug-likeness (QED) is 0.289. The smallest absolute Gasteiger partial charge is 0.140 e. The minimum absolute atomic E-state index is 0.797. The number of rotatable bonds is 0. The van der Waals surface area contributed by atoms with E-state index in [-0.39, 0.29) is 0 Å². The van der Waals surface area contributed by atoms with E-state index < -0.39 is 0 Å². The highest BCUT2D eigenvalue weighted by Gasteiger charge is 1.90. The van der Waals surface area contributed by atoms with Crippen molar-refractivity contribution in [2.24, 2.45) is 0 Å². The zero-order chi connectivity index (χ0) is 6.85. The summed E-state index contributed by atoms with van der Waals surface area (Å²) in [6.07, 6.45) is 0. The molecule has 46 valence electrons. The van der Waals surface area contributed by atoms with Crippen LogP contribution >= 0.6 is 12.6 Å². The maximum atomic E-state index is 5.49. The van der Waals surface area contributed by atoms with Gasteiger partial charge in [-0.3, -0.25) is 0 Å². The third kappa shape index (κ3) is 1.42. The first kappa shape index (κ1) is 6.55. The van der Waals surface area contributed by atoms with Gasteiger partial charge in [-0.2, -0.15) is 0 Å². The van der Waals surface area contributed by atoms with Crippen molar-refractivity contribution in [3.8, 4) is 0 Å². The van der Waals surface area contributed by atoms with Crippen LogP contribution in [-0.4, -0.2) is 7.85 Å². The molecule has 0 spiro atoms. The Bertz CT molecular complexity index is 224. The summed E-state index contributed by atoms with van der Waals surface area (Å²) in [5.41, 5.74) is 7.41. The van der Waals surface area contributed by atoms with Gasteiger partial charge in [0.25, 0.3) is 0 Å². The minimum Gasteiger partial charge on any atom is -0.399 e. The van der Waals surface area contributed by atoms with Crippen molar-refractivity contribution in [2.75, 3.05) is 5.73 Å². The van der Waals surface area contributed by atoms with E-state index >= 15 is 0 Å². The summed E-state index contributed by atoms with van der Waals surface area (Å²) in [7, 11) is 1.98. The van der Waals surface area contributed by atoms with Gasteiger partial charge in [-0.1, -0.05) is 5.46 Å². The Morgan fingerprint density at radius 3 is 2.56 bits per heavy atom. The first-order chi connectivity index (χ1) is 4.20. The van der Waals surface area contributed by atoms with Gasteiger partial charge in [-0.25, -0.2) is 0 Å². The van der Waals surface area contributed by atoms with E-state index in [1.54, 1.807) is 0 Å². The summed E-state index contributed by atoms with van der Waals surface area (Å²) in [6, 6.07) is 5.64. The molecule has 1 aromatic carbocycles. The normalized spacial score (nSPS) is 9.44. The second-order valence-electron chi connectivity index (χ2n) is 2.05. The largest absolute Gasteiger partial charge is 0.399 e. The molecule has 0 heterocycles. The molecule has 0 radical (unpaired) electrons. The van der Waals surface area contributed by atoms with Gasteiger partial charge in [0.15, 0.2) is 0 Å². The molecule has 0 aromatic heterocycles. The first-order valence-corrected chi connectivity index (χ1v) is 3.20. The fourth-order valence-electron chi connectivity index (χ4n) is 0.679. The predicted molar refractivity (Wildman–Crippen MR) is 46.3 cm³/mol. The average Bonchev–Trinajstić information content (AvgIpc) is 1.80. The Morgan fingerprint density at radius 2 is 2.11 bits per heavy atom. The van der Waals surface area contributed by atoms with Gasteiger partial charge >= 0.3 is 0 Å². The van der Waals surface area contributed by atoms with E-state index in [0.29, 0.717) is 0 Å². The summed E-state index contributed by atoms with van der Waals surface area (Å²) < 4.78 is 0. The van der Waals surface area contributed by atoms with Crippen LogP contribution in [0.3, 0.4) is 0 Å². The van der Waals surface area contributed by atoms with Crippen LogP contribution < -0.4 is 11.2 Å². The molecule has 0 unspecified atom stereocenters. The lowest BCUT2D eigenvalue weighted by Gasteiger charge is -1.97. The zero-order valence-electron chi connectivity index (χ0n) is 5.26. The van der Waals surface area contributed by atoms with Crippen molar-refractivity contribution >= 4 is 31.6 Å². The molecule has 9 heavy (non-hydrogen) atoms. The van der Waals surface area contributed by atoms with Gasteiger partial charge < -0.3 is 5.73 Å². The topological polar surface area (TPSA) is 26.0 Å². The molecular formula is C6H8BNS. The highest BCUT2D eigenvalue weighted by Crippen LogP contribution is 2.04. The highest BCUT2D eigenvalue weighted by molar-refractivity contribution is 7.80. The number of anilines is 1. The Morgan fingerprint density at radius 1 is 1.44 bits per heavy atom. The maximum Gasteiger partial charge on any atom is 0.140 e. The molecule has 0 amide bonds. The fourth-order valence-corrected chi connectivity index (χ4v) is 0.818. The van der Waals surface area contributed by atoms with Crippen molar-refractivity contribution in [2.45, 2.75) is 4.90 Å². The molecule has 1 nitrogen and oxygen atoms in total. The van der Waals surface area contributed by atoms with Crippen LogP contribution in [0, 0.1) is 0 Å². The van der Waals surface area contributed by atoms with Crippen LogP contribution in [-0.2, 0) is 0 Å². The molecule has 0 atom stereocenters. The molecule has 0 aliphatic heterocycles. The van der Waals surface area contributed by atoms with Gasteiger partial charge in [-0.05, 0) is 23.1 Å². The predicted octanol–water partition coefficient (Wildman–Crippen LogP) is -0.184. The Hall–Kier alpha value is -0.565. The molecular weight excluding hydrogens is 129 g/mol. The minimum atomic E-state index is 0.797. The summed E-state index contributed by atoms with van der Waals surface area (Å²) in [4.78, 5) is 0.990. The van der Waals surface area contributed by atoms with E-state index in [1.165, 1.54) is 0 Å². The molecule has 2 N–H and O–H groups in total. The Labute approximate surface area is 61.1 Å². The summed E-state index contributed by atoms with van der Waals surface area (Å²) in [5.74, 6) is 0. The summed E-state index contributed by atoms with van der Waals surface area (Å²) in [6.45, 7) is 0. The second-order valence-corrected chi connectivity index (χ2v) is 2.53. The van der Waals surface area contributed by atoms with Crippen LogP contribution in [0.25, 0.3) is 0 Å². The summed E-state index contributed by atoms with van der Waals surface area (Å²) in [5, 5.41) is 0. The lowest BCUT2D eigenvalue weighted by molar-refractivity contribution is 1.54.